The van der Waals surface area contributed by atoms with Crippen LogP contribution in [0.1, 0.15) is 44.7 Å². The number of aliphatic hydroxyl groups is 1. The molecule has 0 saturated carbocycles. The highest BCUT2D eigenvalue weighted by Gasteiger charge is 2.34. The Hall–Kier alpha value is -1.81. The lowest BCUT2D eigenvalue weighted by Crippen LogP contribution is -2.30. The summed E-state index contributed by atoms with van der Waals surface area (Å²) < 4.78 is 5.26. The van der Waals surface area contributed by atoms with E-state index in [9.17, 15) is 9.90 Å². The SMILES string of the molecule is CCC(=CC(=O)N1C[C@H](O)C[C@H]1c1cccc(OC)c1)CC. The van der Waals surface area contributed by atoms with Gasteiger partial charge in [0.05, 0.1) is 19.3 Å². The number of benzene rings is 1. The van der Waals surface area contributed by atoms with Crippen LogP contribution in [-0.4, -0.2) is 35.7 Å². The molecule has 2 atom stereocenters. The molecule has 4 heteroatoms. The van der Waals surface area contributed by atoms with Crippen LogP contribution in [-0.2, 0) is 4.79 Å². The van der Waals surface area contributed by atoms with Crippen molar-refractivity contribution in [1.29, 1.82) is 0 Å². The van der Waals surface area contributed by atoms with Gasteiger partial charge in [0.2, 0.25) is 5.91 Å². The van der Waals surface area contributed by atoms with E-state index in [1.54, 1.807) is 18.1 Å². The van der Waals surface area contributed by atoms with Gasteiger partial charge in [0, 0.05) is 12.6 Å². The molecule has 1 saturated heterocycles. The quantitative estimate of drug-likeness (QED) is 0.851. The highest BCUT2D eigenvalue weighted by molar-refractivity contribution is 5.89. The van der Waals surface area contributed by atoms with Gasteiger partial charge in [-0.3, -0.25) is 4.79 Å². The number of aliphatic hydroxyl groups excluding tert-OH is 1. The average molecular weight is 303 g/mol. The Labute approximate surface area is 132 Å². The Kier molecular flexibility index (Phi) is 5.61. The number of rotatable bonds is 5. The van der Waals surface area contributed by atoms with Crippen molar-refractivity contribution in [3.8, 4) is 5.75 Å². The van der Waals surface area contributed by atoms with Gasteiger partial charge in [-0.1, -0.05) is 31.6 Å². The molecule has 1 aromatic rings. The van der Waals surface area contributed by atoms with Crippen molar-refractivity contribution in [3.63, 3.8) is 0 Å². The summed E-state index contributed by atoms with van der Waals surface area (Å²) in [7, 11) is 1.63. The smallest absolute Gasteiger partial charge is 0.247 e. The Balaban J connectivity index is 2.25. The molecule has 1 heterocycles. The maximum Gasteiger partial charge on any atom is 0.247 e. The number of hydrogen-bond acceptors (Lipinski definition) is 3. The number of amides is 1. The summed E-state index contributed by atoms with van der Waals surface area (Å²) in [6.07, 6.45) is 3.58. The number of β-amino-alcohol motifs (C(OH)–C–C–N with tert-alkyl or cyclic N) is 1. The van der Waals surface area contributed by atoms with Crippen molar-refractivity contribution in [1.82, 2.24) is 4.90 Å². The second-order valence-electron chi connectivity index (χ2n) is 5.68. The fourth-order valence-corrected chi connectivity index (χ4v) is 2.93. The highest BCUT2D eigenvalue weighted by Crippen LogP contribution is 2.34. The van der Waals surface area contributed by atoms with Crippen LogP contribution in [0.15, 0.2) is 35.9 Å². The minimum absolute atomic E-state index is 0.0110. The molecule has 120 valence electrons. The van der Waals surface area contributed by atoms with E-state index in [4.69, 9.17) is 4.74 Å². The molecule has 0 aliphatic carbocycles. The molecule has 0 bridgehead atoms. The third kappa shape index (κ3) is 3.69. The van der Waals surface area contributed by atoms with E-state index in [0.29, 0.717) is 13.0 Å². The molecule has 2 rings (SSSR count). The van der Waals surface area contributed by atoms with Crippen LogP contribution in [0.4, 0.5) is 0 Å². The zero-order valence-electron chi connectivity index (χ0n) is 13.6. The van der Waals surface area contributed by atoms with E-state index in [1.807, 2.05) is 24.3 Å². The molecule has 0 spiro atoms. The molecule has 0 aromatic heterocycles. The molecule has 22 heavy (non-hydrogen) atoms. The normalized spacial score (nSPS) is 20.8. The number of carbonyl (C=O) groups is 1. The van der Waals surface area contributed by atoms with Crippen LogP contribution in [0.25, 0.3) is 0 Å². The first-order valence-electron chi connectivity index (χ1n) is 7.91. The standard InChI is InChI=1S/C18H25NO3/c1-4-13(5-2)9-18(21)19-12-15(20)11-17(19)14-7-6-8-16(10-14)22-3/h6-10,15,17,20H,4-5,11-12H2,1-3H3/t15-,17+/m1/s1. The minimum Gasteiger partial charge on any atom is -0.497 e. The lowest BCUT2D eigenvalue weighted by molar-refractivity contribution is -0.127. The zero-order chi connectivity index (χ0) is 16.1. The predicted octanol–water partition coefficient (Wildman–Crippen LogP) is 3.08. The first-order chi connectivity index (χ1) is 10.6. The maximum absolute atomic E-state index is 12.6. The van der Waals surface area contributed by atoms with Gasteiger partial charge >= 0.3 is 0 Å². The van der Waals surface area contributed by atoms with E-state index in [-0.39, 0.29) is 11.9 Å². The Bertz CT molecular complexity index is 547. The Morgan fingerprint density at radius 1 is 1.41 bits per heavy atom. The molecule has 1 fully saturated rings. The topological polar surface area (TPSA) is 49.8 Å². The molecule has 1 aliphatic heterocycles. The number of nitrogens with zero attached hydrogens (tertiary/aromatic N) is 1. The first-order valence-corrected chi connectivity index (χ1v) is 7.91. The highest BCUT2D eigenvalue weighted by atomic mass is 16.5. The van der Waals surface area contributed by atoms with Crippen LogP contribution in [0, 0.1) is 0 Å². The number of allylic oxidation sites excluding steroid dienone is 1. The second-order valence-corrected chi connectivity index (χ2v) is 5.68. The van der Waals surface area contributed by atoms with Gasteiger partial charge < -0.3 is 14.7 Å². The second kappa shape index (κ2) is 7.45. The fourth-order valence-electron chi connectivity index (χ4n) is 2.93. The van der Waals surface area contributed by atoms with Gasteiger partial charge in [-0.15, -0.1) is 0 Å². The minimum atomic E-state index is -0.472. The molecule has 1 aliphatic rings. The summed E-state index contributed by atoms with van der Waals surface area (Å²) in [4.78, 5) is 14.3. The number of likely N-dealkylation sites (tertiary alicyclic amines) is 1. The fraction of sp³-hybridized carbons (Fsp3) is 0.500. The van der Waals surface area contributed by atoms with E-state index < -0.39 is 6.10 Å². The van der Waals surface area contributed by atoms with E-state index in [1.165, 1.54) is 0 Å². The summed E-state index contributed by atoms with van der Waals surface area (Å²) in [6, 6.07) is 7.63. The molecule has 4 nitrogen and oxygen atoms in total. The first kappa shape index (κ1) is 16.6. The zero-order valence-corrected chi connectivity index (χ0v) is 13.6. The van der Waals surface area contributed by atoms with E-state index in [0.717, 1.165) is 29.7 Å². The third-order valence-corrected chi connectivity index (χ3v) is 4.28. The molecular weight excluding hydrogens is 278 g/mol. The van der Waals surface area contributed by atoms with Gasteiger partial charge in [-0.25, -0.2) is 0 Å². The molecule has 1 amide bonds. The summed E-state index contributed by atoms with van der Waals surface area (Å²) in [6.45, 7) is 4.50. The largest absolute Gasteiger partial charge is 0.497 e. The maximum atomic E-state index is 12.6. The van der Waals surface area contributed by atoms with Gasteiger partial charge in [-0.05, 0) is 37.0 Å². The monoisotopic (exact) mass is 303 g/mol. The van der Waals surface area contributed by atoms with Gasteiger partial charge in [-0.2, -0.15) is 0 Å². The number of ether oxygens (including phenoxy) is 1. The van der Waals surface area contributed by atoms with Crippen LogP contribution < -0.4 is 4.74 Å². The summed E-state index contributed by atoms with van der Waals surface area (Å²) >= 11 is 0. The lowest BCUT2D eigenvalue weighted by Gasteiger charge is -2.24. The van der Waals surface area contributed by atoms with Crippen molar-refractivity contribution in [3.05, 3.63) is 41.5 Å². The third-order valence-electron chi connectivity index (χ3n) is 4.28. The van der Waals surface area contributed by atoms with Crippen molar-refractivity contribution in [2.45, 2.75) is 45.3 Å². The molecule has 0 radical (unpaired) electrons. The average Bonchev–Trinajstić information content (AvgIpc) is 2.94. The van der Waals surface area contributed by atoms with E-state index in [2.05, 4.69) is 13.8 Å². The number of hydrogen-bond donors (Lipinski definition) is 1. The predicted molar refractivity (Wildman–Crippen MR) is 86.7 cm³/mol. The van der Waals surface area contributed by atoms with Crippen molar-refractivity contribution in [2.24, 2.45) is 0 Å². The molecular formula is C18H25NO3. The Morgan fingerprint density at radius 2 is 2.14 bits per heavy atom. The van der Waals surface area contributed by atoms with E-state index >= 15 is 0 Å². The Morgan fingerprint density at radius 3 is 2.77 bits per heavy atom. The summed E-state index contributed by atoms with van der Waals surface area (Å²) in [5.41, 5.74) is 2.14. The molecule has 0 unspecified atom stereocenters. The number of carbonyl (C=O) groups excluding carboxylic acids is 1. The van der Waals surface area contributed by atoms with Crippen molar-refractivity contribution >= 4 is 5.91 Å². The summed E-state index contributed by atoms with van der Waals surface area (Å²) in [5, 5.41) is 10.0. The van der Waals surface area contributed by atoms with Crippen molar-refractivity contribution in [2.75, 3.05) is 13.7 Å². The summed E-state index contributed by atoms with van der Waals surface area (Å²) in [5.74, 6) is 0.757. The van der Waals surface area contributed by atoms with Crippen LogP contribution >= 0.6 is 0 Å². The lowest BCUT2D eigenvalue weighted by atomic mass is 10.0. The van der Waals surface area contributed by atoms with Gasteiger partial charge in [0.1, 0.15) is 5.75 Å². The van der Waals surface area contributed by atoms with Crippen molar-refractivity contribution < 1.29 is 14.6 Å². The van der Waals surface area contributed by atoms with Crippen LogP contribution in [0.3, 0.4) is 0 Å². The van der Waals surface area contributed by atoms with Gasteiger partial charge in [0.25, 0.3) is 0 Å². The van der Waals surface area contributed by atoms with Crippen LogP contribution in [0.5, 0.6) is 5.75 Å². The van der Waals surface area contributed by atoms with Gasteiger partial charge in [0.15, 0.2) is 0 Å². The molecule has 1 aromatic carbocycles. The van der Waals surface area contributed by atoms with Crippen LogP contribution in [0.2, 0.25) is 0 Å². The molecule has 1 N–H and O–H groups in total. The number of methoxy groups -OCH3 is 1.